The average Bonchev–Trinajstić information content (AvgIpc) is 3.19. The molecule has 1 aliphatic rings. The van der Waals surface area contributed by atoms with Crippen LogP contribution in [0, 0.1) is 4.91 Å². The summed E-state index contributed by atoms with van der Waals surface area (Å²) in [6.45, 7) is 1.49. The van der Waals surface area contributed by atoms with Gasteiger partial charge in [0.05, 0.1) is 26.1 Å². The fourth-order valence-corrected chi connectivity index (χ4v) is 2.86. The number of nitroso groups, excluding NO2 is 1. The molecule has 3 aromatic rings. The number of phenolic OH excluding ortho intramolecular Hbond substituents is 1. The summed E-state index contributed by atoms with van der Waals surface area (Å²) < 4.78 is 12.6. The van der Waals surface area contributed by atoms with E-state index in [1.54, 1.807) is 35.2 Å². The smallest absolute Gasteiger partial charge is 0.175 e. The molecule has 112 valence electrons. The minimum absolute atomic E-state index is 0.0773. The van der Waals surface area contributed by atoms with Crippen LogP contribution < -0.4 is 0 Å². The van der Waals surface area contributed by atoms with Gasteiger partial charge in [-0.1, -0.05) is 24.3 Å². The maximum atomic E-state index is 11.3. The summed E-state index contributed by atoms with van der Waals surface area (Å²) in [7, 11) is 0. The molecule has 7 nitrogen and oxygen atoms in total. The van der Waals surface area contributed by atoms with Gasteiger partial charge in [0.2, 0.25) is 0 Å². The van der Waals surface area contributed by atoms with Gasteiger partial charge in [-0.05, 0) is 5.18 Å². The highest BCUT2D eigenvalue weighted by molar-refractivity contribution is 6.12. The van der Waals surface area contributed by atoms with Crippen LogP contribution in [0.25, 0.3) is 21.8 Å². The summed E-state index contributed by atoms with van der Waals surface area (Å²) in [5.41, 5.74) is 1.08. The lowest BCUT2D eigenvalue weighted by Gasteiger charge is -2.12. The third-order valence-corrected chi connectivity index (χ3v) is 3.85. The van der Waals surface area contributed by atoms with Crippen molar-refractivity contribution >= 4 is 27.5 Å². The fourth-order valence-electron chi connectivity index (χ4n) is 2.86. The Kier molecular flexibility index (Phi) is 3.02. The van der Waals surface area contributed by atoms with Crippen LogP contribution in [0.3, 0.4) is 0 Å². The quantitative estimate of drug-likeness (QED) is 0.751. The lowest BCUT2D eigenvalue weighted by Crippen LogP contribution is -2.16. The molecule has 22 heavy (non-hydrogen) atoms. The predicted octanol–water partition coefficient (Wildman–Crippen LogP) is 2.67. The van der Waals surface area contributed by atoms with Gasteiger partial charge in [-0.25, -0.2) is 4.98 Å². The Hall–Kier alpha value is -2.51. The largest absolute Gasteiger partial charge is 0.505 e. The van der Waals surface area contributed by atoms with Crippen LogP contribution in [-0.4, -0.2) is 34.2 Å². The summed E-state index contributed by atoms with van der Waals surface area (Å²) in [5, 5.41) is 14.9. The first-order valence-electron chi connectivity index (χ1n) is 6.94. The van der Waals surface area contributed by atoms with Crippen LogP contribution in [0.2, 0.25) is 0 Å². The molecule has 2 aromatic carbocycles. The van der Waals surface area contributed by atoms with Crippen LogP contribution in [0.15, 0.2) is 35.8 Å². The number of ether oxygens (including phenoxy) is 2. The van der Waals surface area contributed by atoms with Crippen molar-refractivity contribution in [2.24, 2.45) is 5.18 Å². The zero-order chi connectivity index (χ0) is 15.1. The van der Waals surface area contributed by atoms with E-state index < -0.39 is 0 Å². The van der Waals surface area contributed by atoms with Crippen LogP contribution in [0.1, 0.15) is 0 Å². The van der Waals surface area contributed by atoms with Crippen molar-refractivity contribution < 1.29 is 14.6 Å². The molecule has 1 saturated heterocycles. The zero-order valence-electron chi connectivity index (χ0n) is 11.6. The molecule has 7 heteroatoms. The van der Waals surface area contributed by atoms with E-state index in [0.29, 0.717) is 41.6 Å². The maximum absolute atomic E-state index is 11.3. The van der Waals surface area contributed by atoms with E-state index in [-0.39, 0.29) is 17.7 Å². The zero-order valence-corrected chi connectivity index (χ0v) is 11.6. The topological polar surface area (TPSA) is 85.9 Å². The lowest BCUT2D eigenvalue weighted by molar-refractivity contribution is -0.0518. The van der Waals surface area contributed by atoms with Crippen molar-refractivity contribution in [1.29, 1.82) is 0 Å². The standard InChI is InChI=1S/C15H13N3O4/c19-15-10-4-2-1-3-9(10)12(17-20)13-14(15)18(8-16-13)7-11-21-5-6-22-11/h1-4,8,11,19H,5-7H2. The Labute approximate surface area is 125 Å². The second-order valence-corrected chi connectivity index (χ2v) is 5.10. The van der Waals surface area contributed by atoms with Gasteiger partial charge in [-0.15, -0.1) is 4.91 Å². The average molecular weight is 299 g/mol. The molecule has 0 bridgehead atoms. The van der Waals surface area contributed by atoms with Gasteiger partial charge in [-0.3, -0.25) is 0 Å². The molecule has 0 spiro atoms. The van der Waals surface area contributed by atoms with Crippen molar-refractivity contribution in [2.75, 3.05) is 13.2 Å². The lowest BCUT2D eigenvalue weighted by atomic mass is 10.1. The number of aromatic nitrogens is 2. The number of benzene rings is 2. The van der Waals surface area contributed by atoms with E-state index in [1.165, 1.54) is 0 Å². The molecule has 0 amide bonds. The van der Waals surface area contributed by atoms with Gasteiger partial charge >= 0.3 is 0 Å². The second kappa shape index (κ2) is 5.04. The van der Waals surface area contributed by atoms with Crippen LogP contribution in [0.4, 0.5) is 5.69 Å². The summed E-state index contributed by atoms with van der Waals surface area (Å²) in [6.07, 6.45) is 1.18. The number of rotatable bonds is 3. The summed E-state index contributed by atoms with van der Waals surface area (Å²) in [4.78, 5) is 15.5. The van der Waals surface area contributed by atoms with Crippen molar-refractivity contribution in [3.8, 4) is 5.75 Å². The Morgan fingerprint density at radius 3 is 2.73 bits per heavy atom. The Bertz CT molecular complexity index is 868. The number of aromatic hydroxyl groups is 1. The molecular formula is C15H13N3O4. The first kappa shape index (κ1) is 13.2. The molecule has 1 N–H and O–H groups in total. The Morgan fingerprint density at radius 2 is 2.00 bits per heavy atom. The molecule has 0 unspecified atom stereocenters. The normalized spacial score (nSPS) is 15.8. The third kappa shape index (κ3) is 1.87. The van der Waals surface area contributed by atoms with E-state index in [9.17, 15) is 10.0 Å². The summed E-state index contributed by atoms with van der Waals surface area (Å²) in [6, 6.07) is 7.08. The summed E-state index contributed by atoms with van der Waals surface area (Å²) in [5.74, 6) is 0.0773. The van der Waals surface area contributed by atoms with Crippen molar-refractivity contribution in [2.45, 2.75) is 12.8 Å². The number of hydrogen-bond donors (Lipinski definition) is 1. The van der Waals surface area contributed by atoms with Gasteiger partial charge in [-0.2, -0.15) is 0 Å². The molecule has 0 aliphatic carbocycles. The van der Waals surface area contributed by atoms with Gasteiger partial charge < -0.3 is 19.1 Å². The highest BCUT2D eigenvalue weighted by Gasteiger charge is 2.22. The first-order valence-corrected chi connectivity index (χ1v) is 6.94. The number of phenols is 1. The molecule has 4 rings (SSSR count). The van der Waals surface area contributed by atoms with Crippen LogP contribution in [0.5, 0.6) is 5.75 Å². The Morgan fingerprint density at radius 1 is 1.27 bits per heavy atom. The molecule has 1 fully saturated rings. The number of imidazole rings is 1. The van der Waals surface area contributed by atoms with Crippen LogP contribution in [-0.2, 0) is 16.0 Å². The highest BCUT2D eigenvalue weighted by Crippen LogP contribution is 2.41. The van der Waals surface area contributed by atoms with Crippen LogP contribution >= 0.6 is 0 Å². The van der Waals surface area contributed by atoms with E-state index in [1.807, 2.05) is 0 Å². The maximum Gasteiger partial charge on any atom is 0.175 e. The van der Waals surface area contributed by atoms with Crippen molar-refractivity contribution in [1.82, 2.24) is 9.55 Å². The number of fused-ring (bicyclic) bond motifs is 2. The van der Waals surface area contributed by atoms with E-state index in [2.05, 4.69) is 10.2 Å². The van der Waals surface area contributed by atoms with Gasteiger partial charge in [0.1, 0.15) is 22.5 Å². The SMILES string of the molecule is O=Nc1c2ccccc2c(O)c2c1ncn2CC1OCCO1. The molecule has 1 aromatic heterocycles. The van der Waals surface area contributed by atoms with Gasteiger partial charge in [0.25, 0.3) is 0 Å². The number of hydrogen-bond acceptors (Lipinski definition) is 6. The minimum atomic E-state index is -0.379. The fraction of sp³-hybridized carbons (Fsp3) is 0.267. The monoisotopic (exact) mass is 299 g/mol. The molecule has 0 radical (unpaired) electrons. The first-order chi connectivity index (χ1) is 10.8. The molecule has 0 atom stereocenters. The van der Waals surface area contributed by atoms with Crippen molar-refractivity contribution in [3.05, 3.63) is 35.5 Å². The molecular weight excluding hydrogens is 286 g/mol. The predicted molar refractivity (Wildman–Crippen MR) is 80.1 cm³/mol. The van der Waals surface area contributed by atoms with E-state index >= 15 is 0 Å². The third-order valence-electron chi connectivity index (χ3n) is 3.85. The molecule has 0 saturated carbocycles. The minimum Gasteiger partial charge on any atom is -0.505 e. The van der Waals surface area contributed by atoms with Gasteiger partial charge in [0, 0.05) is 10.8 Å². The van der Waals surface area contributed by atoms with Gasteiger partial charge in [0.15, 0.2) is 6.29 Å². The molecule has 1 aliphatic heterocycles. The second-order valence-electron chi connectivity index (χ2n) is 5.10. The number of nitrogens with zero attached hydrogens (tertiary/aromatic N) is 3. The van der Waals surface area contributed by atoms with Crippen molar-refractivity contribution in [3.63, 3.8) is 0 Å². The highest BCUT2D eigenvalue weighted by atomic mass is 16.7. The van der Waals surface area contributed by atoms with E-state index in [4.69, 9.17) is 9.47 Å². The Balaban J connectivity index is 1.97. The van der Waals surface area contributed by atoms with E-state index in [0.717, 1.165) is 0 Å². The molecule has 2 heterocycles. The summed E-state index contributed by atoms with van der Waals surface area (Å²) >= 11 is 0.